The summed E-state index contributed by atoms with van der Waals surface area (Å²) in [5.74, 6) is 0.454. The second-order valence-corrected chi connectivity index (χ2v) is 8.69. The van der Waals surface area contributed by atoms with E-state index in [-0.39, 0.29) is 24.4 Å². The molecule has 6 nitrogen and oxygen atoms in total. The Hall–Kier alpha value is -3.80. The molecule has 0 N–H and O–H groups in total. The highest BCUT2D eigenvalue weighted by molar-refractivity contribution is 6.00. The molecule has 4 rings (SSSR count). The van der Waals surface area contributed by atoms with Crippen molar-refractivity contribution in [2.45, 2.75) is 39.4 Å². The minimum absolute atomic E-state index is 0.00575. The van der Waals surface area contributed by atoms with Crippen LogP contribution in [0.2, 0.25) is 0 Å². The standard InChI is InChI=1S/C28H31N3O3/c1-4-21(2)31(28(33)24-14-13-22-9-5-6-10-23(22)17-24)20-27(32)30(19-26-12-8-16-34-26)18-25-11-7-15-29(25)3/h5-17,21H,4,18-20H2,1-3H3. The number of carbonyl (C=O) groups excluding carboxylic acids is 2. The first kappa shape index (κ1) is 23.4. The van der Waals surface area contributed by atoms with Gasteiger partial charge in [-0.2, -0.15) is 0 Å². The third kappa shape index (κ3) is 5.22. The summed E-state index contributed by atoms with van der Waals surface area (Å²) in [7, 11) is 1.96. The van der Waals surface area contributed by atoms with Gasteiger partial charge in [-0.05, 0) is 60.5 Å². The number of hydrogen-bond donors (Lipinski definition) is 0. The van der Waals surface area contributed by atoms with Crippen molar-refractivity contribution in [3.8, 4) is 0 Å². The van der Waals surface area contributed by atoms with Crippen LogP contribution in [0, 0.1) is 0 Å². The van der Waals surface area contributed by atoms with Gasteiger partial charge in [-0.3, -0.25) is 9.59 Å². The summed E-state index contributed by atoms with van der Waals surface area (Å²) < 4.78 is 7.51. The lowest BCUT2D eigenvalue weighted by Gasteiger charge is -2.31. The molecule has 34 heavy (non-hydrogen) atoms. The van der Waals surface area contributed by atoms with Crippen molar-refractivity contribution in [1.82, 2.24) is 14.4 Å². The van der Waals surface area contributed by atoms with Crippen LogP contribution in [0.25, 0.3) is 10.8 Å². The fraction of sp³-hybridized carbons (Fsp3) is 0.286. The predicted molar refractivity (Wildman–Crippen MR) is 133 cm³/mol. The number of amides is 2. The van der Waals surface area contributed by atoms with Crippen molar-refractivity contribution in [1.29, 1.82) is 0 Å². The van der Waals surface area contributed by atoms with Gasteiger partial charge in [-0.1, -0.05) is 37.3 Å². The first-order valence-corrected chi connectivity index (χ1v) is 11.7. The van der Waals surface area contributed by atoms with E-state index in [0.717, 1.165) is 22.9 Å². The lowest BCUT2D eigenvalue weighted by atomic mass is 10.1. The van der Waals surface area contributed by atoms with E-state index in [0.29, 0.717) is 24.4 Å². The van der Waals surface area contributed by atoms with Crippen LogP contribution in [-0.4, -0.2) is 38.8 Å². The zero-order valence-corrected chi connectivity index (χ0v) is 20.0. The lowest BCUT2D eigenvalue weighted by Crippen LogP contribution is -2.46. The molecule has 2 aromatic heterocycles. The number of hydrogen-bond acceptors (Lipinski definition) is 3. The SMILES string of the molecule is CCC(C)N(CC(=O)N(Cc1ccco1)Cc1cccn1C)C(=O)c1ccc2ccccc2c1. The molecule has 0 radical (unpaired) electrons. The smallest absolute Gasteiger partial charge is 0.254 e. The molecule has 0 aliphatic heterocycles. The molecular weight excluding hydrogens is 426 g/mol. The van der Waals surface area contributed by atoms with E-state index < -0.39 is 0 Å². The molecule has 0 aliphatic rings. The minimum Gasteiger partial charge on any atom is -0.467 e. The van der Waals surface area contributed by atoms with E-state index in [2.05, 4.69) is 0 Å². The second-order valence-electron chi connectivity index (χ2n) is 8.69. The van der Waals surface area contributed by atoms with Gasteiger partial charge in [0.2, 0.25) is 5.91 Å². The molecule has 0 bridgehead atoms. The van der Waals surface area contributed by atoms with E-state index in [4.69, 9.17) is 4.42 Å². The molecule has 2 amide bonds. The minimum atomic E-state index is -0.134. The van der Waals surface area contributed by atoms with Crippen LogP contribution in [0.4, 0.5) is 0 Å². The molecule has 1 atom stereocenters. The largest absolute Gasteiger partial charge is 0.467 e. The fourth-order valence-electron chi connectivity index (χ4n) is 4.06. The van der Waals surface area contributed by atoms with Crippen LogP contribution in [0.5, 0.6) is 0 Å². The van der Waals surface area contributed by atoms with Gasteiger partial charge >= 0.3 is 0 Å². The highest BCUT2D eigenvalue weighted by atomic mass is 16.3. The average molecular weight is 458 g/mol. The van der Waals surface area contributed by atoms with Crippen LogP contribution in [0.1, 0.15) is 42.1 Å². The molecule has 0 saturated heterocycles. The van der Waals surface area contributed by atoms with Crippen molar-refractivity contribution in [2.24, 2.45) is 7.05 Å². The molecule has 4 aromatic rings. The Labute approximate surface area is 200 Å². The number of carbonyl (C=O) groups is 2. The summed E-state index contributed by atoms with van der Waals surface area (Å²) in [4.78, 5) is 30.6. The van der Waals surface area contributed by atoms with Crippen molar-refractivity contribution >= 4 is 22.6 Å². The van der Waals surface area contributed by atoms with Gasteiger partial charge in [0.1, 0.15) is 12.3 Å². The van der Waals surface area contributed by atoms with Gasteiger partial charge in [0.25, 0.3) is 5.91 Å². The molecule has 2 heterocycles. The Bertz CT molecular complexity index is 1260. The summed E-state index contributed by atoms with van der Waals surface area (Å²) in [6.07, 6.45) is 4.32. The second kappa shape index (κ2) is 10.4. The number of aromatic nitrogens is 1. The Morgan fingerprint density at radius 1 is 0.971 bits per heavy atom. The van der Waals surface area contributed by atoms with Gasteiger partial charge in [-0.25, -0.2) is 0 Å². The first-order chi connectivity index (χ1) is 16.5. The van der Waals surface area contributed by atoms with Crippen molar-refractivity contribution < 1.29 is 14.0 Å². The number of rotatable bonds is 9. The van der Waals surface area contributed by atoms with E-state index in [1.807, 2.05) is 98.4 Å². The van der Waals surface area contributed by atoms with Crippen LogP contribution < -0.4 is 0 Å². The van der Waals surface area contributed by atoms with Crippen LogP contribution in [-0.2, 0) is 24.9 Å². The molecule has 6 heteroatoms. The molecule has 0 spiro atoms. The topological polar surface area (TPSA) is 58.7 Å². The Balaban J connectivity index is 1.58. The normalized spacial score (nSPS) is 12.0. The zero-order chi connectivity index (χ0) is 24.1. The van der Waals surface area contributed by atoms with Gasteiger partial charge < -0.3 is 18.8 Å². The molecular formula is C28H31N3O3. The summed E-state index contributed by atoms with van der Waals surface area (Å²) in [6.45, 7) is 4.80. The van der Waals surface area contributed by atoms with Crippen molar-refractivity contribution in [3.05, 3.63) is 96.2 Å². The maximum absolute atomic E-state index is 13.6. The first-order valence-electron chi connectivity index (χ1n) is 11.7. The van der Waals surface area contributed by atoms with Gasteiger partial charge in [0.15, 0.2) is 0 Å². The Morgan fingerprint density at radius 3 is 2.44 bits per heavy atom. The Morgan fingerprint density at radius 2 is 1.76 bits per heavy atom. The Kier molecular flexibility index (Phi) is 7.16. The van der Waals surface area contributed by atoms with Crippen LogP contribution >= 0.6 is 0 Å². The van der Waals surface area contributed by atoms with E-state index in [1.165, 1.54) is 0 Å². The highest BCUT2D eigenvalue weighted by Gasteiger charge is 2.26. The molecule has 0 fully saturated rings. The van der Waals surface area contributed by atoms with Crippen LogP contribution in [0.3, 0.4) is 0 Å². The molecule has 2 aromatic carbocycles. The van der Waals surface area contributed by atoms with Gasteiger partial charge in [0, 0.05) is 30.5 Å². The number of aryl methyl sites for hydroxylation is 1. The predicted octanol–water partition coefficient (Wildman–Crippen LogP) is 5.24. The van der Waals surface area contributed by atoms with E-state index in [9.17, 15) is 9.59 Å². The van der Waals surface area contributed by atoms with Gasteiger partial charge in [0.05, 0.1) is 19.4 Å². The zero-order valence-electron chi connectivity index (χ0n) is 20.0. The highest BCUT2D eigenvalue weighted by Crippen LogP contribution is 2.19. The number of furan rings is 1. The summed E-state index contributed by atoms with van der Waals surface area (Å²) >= 11 is 0. The lowest BCUT2D eigenvalue weighted by molar-refractivity contribution is -0.134. The quantitative estimate of drug-likeness (QED) is 0.345. The summed E-state index contributed by atoms with van der Waals surface area (Å²) in [6, 6.07) is 21.2. The van der Waals surface area contributed by atoms with E-state index in [1.54, 1.807) is 16.1 Å². The molecule has 1 unspecified atom stereocenters. The molecule has 176 valence electrons. The third-order valence-electron chi connectivity index (χ3n) is 6.37. The average Bonchev–Trinajstić information content (AvgIpc) is 3.52. The maximum Gasteiger partial charge on any atom is 0.254 e. The summed E-state index contributed by atoms with van der Waals surface area (Å²) in [5.41, 5.74) is 1.60. The molecule has 0 saturated carbocycles. The third-order valence-corrected chi connectivity index (χ3v) is 6.37. The monoisotopic (exact) mass is 457 g/mol. The van der Waals surface area contributed by atoms with Crippen molar-refractivity contribution in [3.63, 3.8) is 0 Å². The van der Waals surface area contributed by atoms with Crippen LogP contribution in [0.15, 0.2) is 83.6 Å². The maximum atomic E-state index is 13.6. The van der Waals surface area contributed by atoms with Gasteiger partial charge in [-0.15, -0.1) is 0 Å². The summed E-state index contributed by atoms with van der Waals surface area (Å²) in [5, 5.41) is 2.09. The molecule has 0 aliphatic carbocycles. The van der Waals surface area contributed by atoms with E-state index >= 15 is 0 Å². The van der Waals surface area contributed by atoms with Crippen molar-refractivity contribution in [2.75, 3.05) is 6.54 Å². The number of nitrogens with zero attached hydrogens (tertiary/aromatic N) is 3. The number of benzene rings is 2. The fourth-order valence-corrected chi connectivity index (χ4v) is 4.06. The number of fused-ring (bicyclic) bond motifs is 1.